The summed E-state index contributed by atoms with van der Waals surface area (Å²) in [5.74, 6) is -0.922. The SMILES string of the molecule is CN(Cc1ccsc1)C(=O)NC1(C(=O)O)CCCCC1. The lowest BCUT2D eigenvalue weighted by atomic mass is 9.82. The maximum atomic E-state index is 12.2. The van der Waals surface area contributed by atoms with Gasteiger partial charge in [-0.25, -0.2) is 9.59 Å². The summed E-state index contributed by atoms with van der Waals surface area (Å²) in [5, 5.41) is 16.1. The second kappa shape index (κ2) is 6.26. The number of urea groups is 1. The second-order valence-corrected chi connectivity index (χ2v) is 6.15. The Bertz CT molecular complexity index is 467. The van der Waals surface area contributed by atoms with Gasteiger partial charge in [-0.3, -0.25) is 0 Å². The Hall–Kier alpha value is -1.56. The minimum atomic E-state index is -1.09. The monoisotopic (exact) mass is 296 g/mol. The molecule has 2 amide bonds. The third-order valence-electron chi connectivity index (χ3n) is 3.81. The van der Waals surface area contributed by atoms with Crippen LogP contribution in [0.2, 0.25) is 0 Å². The van der Waals surface area contributed by atoms with Crippen molar-refractivity contribution in [3.05, 3.63) is 22.4 Å². The largest absolute Gasteiger partial charge is 0.480 e. The van der Waals surface area contributed by atoms with Crippen molar-refractivity contribution in [3.63, 3.8) is 0 Å². The summed E-state index contributed by atoms with van der Waals surface area (Å²) >= 11 is 1.58. The summed E-state index contributed by atoms with van der Waals surface area (Å²) in [7, 11) is 1.69. The van der Waals surface area contributed by atoms with Gasteiger partial charge < -0.3 is 15.3 Å². The van der Waals surface area contributed by atoms with Crippen molar-refractivity contribution in [2.24, 2.45) is 0 Å². The second-order valence-electron chi connectivity index (χ2n) is 5.37. The molecule has 1 aliphatic rings. The van der Waals surface area contributed by atoms with E-state index in [4.69, 9.17) is 0 Å². The van der Waals surface area contributed by atoms with Gasteiger partial charge >= 0.3 is 12.0 Å². The summed E-state index contributed by atoms with van der Waals surface area (Å²) < 4.78 is 0. The van der Waals surface area contributed by atoms with Gasteiger partial charge in [0, 0.05) is 13.6 Å². The van der Waals surface area contributed by atoms with Gasteiger partial charge in [-0.15, -0.1) is 0 Å². The van der Waals surface area contributed by atoms with Crippen molar-refractivity contribution in [2.45, 2.75) is 44.2 Å². The molecule has 1 fully saturated rings. The van der Waals surface area contributed by atoms with Crippen LogP contribution in [0.1, 0.15) is 37.7 Å². The van der Waals surface area contributed by atoms with Crippen LogP contribution in [0.5, 0.6) is 0 Å². The van der Waals surface area contributed by atoms with Gasteiger partial charge in [0.15, 0.2) is 0 Å². The lowest BCUT2D eigenvalue weighted by Crippen LogP contribution is -2.58. The molecular formula is C14H20N2O3S. The summed E-state index contributed by atoms with van der Waals surface area (Å²) in [6, 6.07) is 1.64. The summed E-state index contributed by atoms with van der Waals surface area (Å²) in [6.45, 7) is 0.491. The molecule has 0 atom stereocenters. The van der Waals surface area contributed by atoms with Crippen molar-refractivity contribution < 1.29 is 14.7 Å². The minimum absolute atomic E-state index is 0.319. The minimum Gasteiger partial charge on any atom is -0.480 e. The van der Waals surface area contributed by atoms with Crippen LogP contribution in [0, 0.1) is 0 Å². The molecule has 1 heterocycles. The normalized spacial score (nSPS) is 17.4. The Morgan fingerprint density at radius 1 is 1.40 bits per heavy atom. The van der Waals surface area contributed by atoms with Crippen LogP contribution in [-0.2, 0) is 11.3 Å². The molecule has 0 unspecified atom stereocenters. The van der Waals surface area contributed by atoms with E-state index in [0.29, 0.717) is 19.4 Å². The zero-order valence-electron chi connectivity index (χ0n) is 11.6. The van der Waals surface area contributed by atoms with E-state index in [2.05, 4.69) is 5.32 Å². The molecule has 0 aromatic carbocycles. The molecule has 0 saturated heterocycles. The predicted molar refractivity (Wildman–Crippen MR) is 77.8 cm³/mol. The topological polar surface area (TPSA) is 69.6 Å². The van der Waals surface area contributed by atoms with Gasteiger partial charge in [0.2, 0.25) is 0 Å². The van der Waals surface area contributed by atoms with Crippen LogP contribution < -0.4 is 5.32 Å². The Labute approximate surface area is 122 Å². The van der Waals surface area contributed by atoms with E-state index in [1.165, 1.54) is 4.90 Å². The highest BCUT2D eigenvalue weighted by atomic mass is 32.1. The maximum Gasteiger partial charge on any atom is 0.329 e. The number of hydrogen-bond acceptors (Lipinski definition) is 3. The van der Waals surface area contributed by atoms with Crippen LogP contribution in [0.25, 0.3) is 0 Å². The molecule has 1 aromatic heterocycles. The number of hydrogen-bond donors (Lipinski definition) is 2. The molecule has 0 radical (unpaired) electrons. The van der Waals surface area contributed by atoms with E-state index in [0.717, 1.165) is 24.8 Å². The molecule has 1 aromatic rings. The highest BCUT2D eigenvalue weighted by Gasteiger charge is 2.41. The summed E-state index contributed by atoms with van der Waals surface area (Å²) in [4.78, 5) is 25.3. The van der Waals surface area contributed by atoms with Gasteiger partial charge in [-0.2, -0.15) is 11.3 Å². The number of thiophene rings is 1. The van der Waals surface area contributed by atoms with Gasteiger partial charge in [-0.05, 0) is 35.2 Å². The Morgan fingerprint density at radius 3 is 2.65 bits per heavy atom. The van der Waals surface area contributed by atoms with E-state index in [9.17, 15) is 14.7 Å². The Kier molecular flexibility index (Phi) is 4.65. The maximum absolute atomic E-state index is 12.2. The number of amides is 2. The van der Waals surface area contributed by atoms with Gasteiger partial charge in [0.05, 0.1) is 0 Å². The van der Waals surface area contributed by atoms with Crippen molar-refractivity contribution in [3.8, 4) is 0 Å². The van der Waals surface area contributed by atoms with Gasteiger partial charge in [0.1, 0.15) is 5.54 Å². The molecule has 0 bridgehead atoms. The van der Waals surface area contributed by atoms with Gasteiger partial charge in [0.25, 0.3) is 0 Å². The van der Waals surface area contributed by atoms with Crippen molar-refractivity contribution in [1.82, 2.24) is 10.2 Å². The lowest BCUT2D eigenvalue weighted by Gasteiger charge is -2.35. The zero-order chi connectivity index (χ0) is 14.6. The number of rotatable bonds is 4. The molecule has 1 saturated carbocycles. The molecule has 6 heteroatoms. The number of carboxylic acids is 1. The molecule has 110 valence electrons. The highest BCUT2D eigenvalue weighted by molar-refractivity contribution is 7.07. The lowest BCUT2D eigenvalue weighted by molar-refractivity contribution is -0.145. The first kappa shape index (κ1) is 14.8. The van der Waals surface area contributed by atoms with E-state index in [1.807, 2.05) is 16.8 Å². The number of nitrogens with one attached hydrogen (secondary N) is 1. The fourth-order valence-electron chi connectivity index (χ4n) is 2.58. The number of carbonyl (C=O) groups excluding carboxylic acids is 1. The molecule has 20 heavy (non-hydrogen) atoms. The molecule has 0 aliphatic heterocycles. The van der Waals surface area contributed by atoms with E-state index >= 15 is 0 Å². The number of carbonyl (C=O) groups is 2. The number of aliphatic carboxylic acids is 1. The molecule has 2 rings (SSSR count). The Morgan fingerprint density at radius 2 is 2.10 bits per heavy atom. The van der Waals surface area contributed by atoms with Crippen molar-refractivity contribution in [2.75, 3.05) is 7.05 Å². The fourth-order valence-corrected chi connectivity index (χ4v) is 3.24. The van der Waals surface area contributed by atoms with Crippen molar-refractivity contribution in [1.29, 1.82) is 0 Å². The quantitative estimate of drug-likeness (QED) is 0.897. The molecule has 5 nitrogen and oxygen atoms in total. The van der Waals surface area contributed by atoms with Crippen LogP contribution >= 0.6 is 11.3 Å². The average Bonchev–Trinajstić information content (AvgIpc) is 2.92. The van der Waals surface area contributed by atoms with Crippen LogP contribution in [-0.4, -0.2) is 34.6 Å². The summed E-state index contributed by atoms with van der Waals surface area (Å²) in [6.07, 6.45) is 3.76. The average molecular weight is 296 g/mol. The smallest absolute Gasteiger partial charge is 0.329 e. The van der Waals surface area contributed by atoms with E-state index in [1.54, 1.807) is 18.4 Å². The van der Waals surface area contributed by atoms with Crippen molar-refractivity contribution >= 4 is 23.3 Å². The summed E-state index contributed by atoms with van der Waals surface area (Å²) in [5.41, 5.74) is -0.0289. The van der Waals surface area contributed by atoms with Gasteiger partial charge in [-0.1, -0.05) is 19.3 Å². The molecular weight excluding hydrogens is 276 g/mol. The number of carboxylic acid groups (broad SMARTS) is 1. The van der Waals surface area contributed by atoms with Crippen LogP contribution in [0.4, 0.5) is 4.79 Å². The van der Waals surface area contributed by atoms with Crippen LogP contribution in [0.15, 0.2) is 16.8 Å². The van der Waals surface area contributed by atoms with E-state index < -0.39 is 11.5 Å². The first-order valence-electron chi connectivity index (χ1n) is 6.81. The molecule has 1 aliphatic carbocycles. The third-order valence-corrected chi connectivity index (χ3v) is 4.54. The predicted octanol–water partition coefficient (Wildman–Crippen LogP) is 2.68. The van der Waals surface area contributed by atoms with Crippen LogP contribution in [0.3, 0.4) is 0 Å². The molecule has 0 spiro atoms. The fraction of sp³-hybridized carbons (Fsp3) is 0.571. The van der Waals surface area contributed by atoms with E-state index in [-0.39, 0.29) is 6.03 Å². The first-order valence-corrected chi connectivity index (χ1v) is 7.75. The first-order chi connectivity index (χ1) is 9.53. The zero-order valence-corrected chi connectivity index (χ0v) is 12.4. The molecule has 2 N–H and O–H groups in total. The highest BCUT2D eigenvalue weighted by Crippen LogP contribution is 2.28. The standard InChI is InChI=1S/C14H20N2O3S/c1-16(9-11-5-8-20-10-11)13(19)15-14(12(17)18)6-3-2-4-7-14/h5,8,10H,2-4,6-7,9H2,1H3,(H,15,19)(H,17,18). The Balaban J connectivity index is 1.99. The third kappa shape index (κ3) is 3.30. The number of nitrogens with zero attached hydrogens (tertiary/aromatic N) is 1.